The molecule has 0 saturated heterocycles. The first kappa shape index (κ1) is 14.8. The first-order valence-corrected chi connectivity index (χ1v) is 7.22. The minimum absolute atomic E-state index is 0.136. The van der Waals surface area contributed by atoms with Gasteiger partial charge in [-0.1, -0.05) is 31.9 Å². The Bertz CT molecular complexity index is 448. The van der Waals surface area contributed by atoms with E-state index in [9.17, 15) is 4.39 Å². The van der Waals surface area contributed by atoms with Crippen LogP contribution < -0.4 is 11.3 Å². The van der Waals surface area contributed by atoms with E-state index in [0.29, 0.717) is 17.4 Å². The zero-order valence-electron chi connectivity index (χ0n) is 11.5. The normalized spacial score (nSPS) is 23.5. The van der Waals surface area contributed by atoms with Crippen LogP contribution in [-0.2, 0) is 6.42 Å². The second-order valence-corrected chi connectivity index (χ2v) is 6.61. The molecule has 0 spiro atoms. The zero-order valence-corrected chi connectivity index (χ0v) is 12.3. The third-order valence-corrected chi connectivity index (χ3v) is 4.86. The van der Waals surface area contributed by atoms with Crippen molar-refractivity contribution in [3.05, 3.63) is 34.6 Å². The minimum Gasteiger partial charge on any atom is -0.271 e. The summed E-state index contributed by atoms with van der Waals surface area (Å²) in [5.41, 5.74) is 4.01. The van der Waals surface area contributed by atoms with E-state index >= 15 is 0 Å². The Balaban J connectivity index is 2.17. The second kappa shape index (κ2) is 5.78. The molecule has 0 bridgehead atoms. The maximum atomic E-state index is 13.3. The molecule has 2 atom stereocenters. The van der Waals surface area contributed by atoms with Crippen molar-refractivity contribution >= 4 is 11.6 Å². The molecule has 2 rings (SSSR count). The average Bonchev–Trinajstić information content (AvgIpc) is 2.70. The molecule has 3 N–H and O–H groups in total. The molecule has 19 heavy (non-hydrogen) atoms. The highest BCUT2D eigenvalue weighted by molar-refractivity contribution is 6.31. The average molecular weight is 285 g/mol. The summed E-state index contributed by atoms with van der Waals surface area (Å²) in [5.74, 6) is 5.97. The number of hydrogen-bond donors (Lipinski definition) is 2. The SMILES string of the molecule is CC1(C)CCCC1C(Cc1cc(F)ccc1Cl)NN. The largest absolute Gasteiger partial charge is 0.271 e. The summed E-state index contributed by atoms with van der Waals surface area (Å²) in [6, 6.07) is 4.64. The van der Waals surface area contributed by atoms with Crippen molar-refractivity contribution in [2.45, 2.75) is 45.6 Å². The lowest BCUT2D eigenvalue weighted by molar-refractivity contribution is 0.196. The molecular weight excluding hydrogens is 263 g/mol. The maximum absolute atomic E-state index is 13.3. The zero-order chi connectivity index (χ0) is 14.0. The van der Waals surface area contributed by atoms with Crippen molar-refractivity contribution in [2.75, 3.05) is 0 Å². The van der Waals surface area contributed by atoms with Gasteiger partial charge < -0.3 is 0 Å². The topological polar surface area (TPSA) is 38.0 Å². The first-order chi connectivity index (χ1) is 8.94. The van der Waals surface area contributed by atoms with Gasteiger partial charge in [0.15, 0.2) is 0 Å². The molecule has 1 aliphatic rings. The van der Waals surface area contributed by atoms with Crippen molar-refractivity contribution in [1.29, 1.82) is 0 Å². The first-order valence-electron chi connectivity index (χ1n) is 6.84. The highest BCUT2D eigenvalue weighted by Crippen LogP contribution is 2.45. The van der Waals surface area contributed by atoms with Crippen LogP contribution in [0.3, 0.4) is 0 Å². The highest BCUT2D eigenvalue weighted by atomic mass is 35.5. The Morgan fingerprint density at radius 1 is 1.53 bits per heavy atom. The lowest BCUT2D eigenvalue weighted by atomic mass is 9.76. The molecule has 4 heteroatoms. The Morgan fingerprint density at radius 3 is 2.84 bits per heavy atom. The molecule has 0 aliphatic heterocycles. The van der Waals surface area contributed by atoms with Gasteiger partial charge in [-0.3, -0.25) is 11.3 Å². The van der Waals surface area contributed by atoms with Gasteiger partial charge in [0.2, 0.25) is 0 Å². The molecule has 0 heterocycles. The summed E-state index contributed by atoms with van der Waals surface area (Å²) in [7, 11) is 0. The Morgan fingerprint density at radius 2 is 2.26 bits per heavy atom. The van der Waals surface area contributed by atoms with Gasteiger partial charge in [0.05, 0.1) is 0 Å². The van der Waals surface area contributed by atoms with E-state index < -0.39 is 0 Å². The predicted octanol–water partition coefficient (Wildman–Crippen LogP) is 3.68. The summed E-state index contributed by atoms with van der Waals surface area (Å²) in [6.45, 7) is 4.56. The van der Waals surface area contributed by atoms with E-state index in [1.54, 1.807) is 6.07 Å². The van der Waals surface area contributed by atoms with Crippen LogP contribution in [-0.4, -0.2) is 6.04 Å². The number of benzene rings is 1. The van der Waals surface area contributed by atoms with Gasteiger partial charge in [-0.2, -0.15) is 0 Å². The van der Waals surface area contributed by atoms with Gasteiger partial charge >= 0.3 is 0 Å². The molecule has 2 nitrogen and oxygen atoms in total. The molecule has 1 aromatic rings. The number of hydrazine groups is 1. The fourth-order valence-corrected chi connectivity index (χ4v) is 3.55. The van der Waals surface area contributed by atoms with Gasteiger partial charge in [0.1, 0.15) is 5.82 Å². The van der Waals surface area contributed by atoms with Crippen LogP contribution in [0.4, 0.5) is 4.39 Å². The summed E-state index contributed by atoms with van der Waals surface area (Å²) >= 11 is 6.14. The van der Waals surface area contributed by atoms with Crippen molar-refractivity contribution in [2.24, 2.45) is 17.2 Å². The van der Waals surface area contributed by atoms with E-state index in [0.717, 1.165) is 12.0 Å². The Kier molecular flexibility index (Phi) is 4.49. The monoisotopic (exact) mass is 284 g/mol. The maximum Gasteiger partial charge on any atom is 0.123 e. The third kappa shape index (κ3) is 3.28. The Hall–Kier alpha value is -0.640. The molecule has 1 aliphatic carbocycles. The molecule has 1 saturated carbocycles. The quantitative estimate of drug-likeness (QED) is 0.654. The van der Waals surface area contributed by atoms with E-state index in [1.807, 2.05) is 0 Å². The van der Waals surface area contributed by atoms with Gasteiger partial charge in [-0.05, 0) is 54.4 Å². The van der Waals surface area contributed by atoms with Crippen LogP contribution in [0.25, 0.3) is 0 Å². The standard InChI is InChI=1S/C15H22ClFN2/c1-15(2)7-3-4-12(15)14(19-18)9-10-8-11(17)5-6-13(10)16/h5-6,8,12,14,19H,3-4,7,9,18H2,1-2H3. The molecule has 0 radical (unpaired) electrons. The molecule has 1 fully saturated rings. The van der Waals surface area contributed by atoms with Crippen LogP contribution in [0.1, 0.15) is 38.7 Å². The number of nitrogens with one attached hydrogen (secondary N) is 1. The smallest absolute Gasteiger partial charge is 0.123 e. The Labute approximate surface area is 119 Å². The van der Waals surface area contributed by atoms with E-state index in [2.05, 4.69) is 19.3 Å². The lowest BCUT2D eigenvalue weighted by Gasteiger charge is -2.34. The van der Waals surface area contributed by atoms with Crippen molar-refractivity contribution in [1.82, 2.24) is 5.43 Å². The van der Waals surface area contributed by atoms with Crippen LogP contribution in [0.15, 0.2) is 18.2 Å². The lowest BCUT2D eigenvalue weighted by Crippen LogP contribution is -2.45. The number of nitrogens with two attached hydrogens (primary N) is 1. The summed E-state index contributed by atoms with van der Waals surface area (Å²) in [4.78, 5) is 0. The van der Waals surface area contributed by atoms with Crippen molar-refractivity contribution in [3.8, 4) is 0 Å². The summed E-state index contributed by atoms with van der Waals surface area (Å²) < 4.78 is 13.3. The molecule has 1 aromatic carbocycles. The minimum atomic E-state index is -0.249. The molecule has 2 unspecified atom stereocenters. The van der Waals surface area contributed by atoms with Crippen molar-refractivity contribution in [3.63, 3.8) is 0 Å². The highest BCUT2D eigenvalue weighted by Gasteiger charge is 2.39. The number of hydrogen-bond acceptors (Lipinski definition) is 2. The van der Waals surface area contributed by atoms with Gasteiger partial charge in [0, 0.05) is 11.1 Å². The fourth-order valence-electron chi connectivity index (χ4n) is 3.35. The molecule has 0 amide bonds. The van der Waals surface area contributed by atoms with Crippen LogP contribution in [0.2, 0.25) is 5.02 Å². The van der Waals surface area contributed by atoms with Crippen LogP contribution in [0, 0.1) is 17.2 Å². The van der Waals surface area contributed by atoms with Crippen LogP contribution >= 0.6 is 11.6 Å². The van der Waals surface area contributed by atoms with Gasteiger partial charge in [-0.15, -0.1) is 0 Å². The fraction of sp³-hybridized carbons (Fsp3) is 0.600. The molecular formula is C15H22ClFN2. The molecule has 0 aromatic heterocycles. The van der Waals surface area contributed by atoms with E-state index in [4.69, 9.17) is 17.4 Å². The van der Waals surface area contributed by atoms with Gasteiger partial charge in [0.25, 0.3) is 0 Å². The third-order valence-electron chi connectivity index (χ3n) is 4.49. The van der Waals surface area contributed by atoms with Gasteiger partial charge in [-0.25, -0.2) is 4.39 Å². The summed E-state index contributed by atoms with van der Waals surface area (Å²) in [6.07, 6.45) is 4.27. The van der Waals surface area contributed by atoms with Crippen molar-refractivity contribution < 1.29 is 4.39 Å². The second-order valence-electron chi connectivity index (χ2n) is 6.20. The molecule has 106 valence electrons. The van der Waals surface area contributed by atoms with E-state index in [1.165, 1.54) is 25.0 Å². The predicted molar refractivity (Wildman–Crippen MR) is 77.3 cm³/mol. The summed E-state index contributed by atoms with van der Waals surface area (Å²) in [5, 5.41) is 0.609. The number of halogens is 2. The van der Waals surface area contributed by atoms with Crippen LogP contribution in [0.5, 0.6) is 0 Å². The van der Waals surface area contributed by atoms with E-state index in [-0.39, 0.29) is 17.3 Å². The number of rotatable bonds is 4.